The molecule has 0 unspecified atom stereocenters. The molecule has 0 radical (unpaired) electrons. The number of hydrogen-bond donors (Lipinski definition) is 0. The van der Waals surface area contributed by atoms with Crippen molar-refractivity contribution in [1.82, 2.24) is 14.8 Å². The highest BCUT2D eigenvalue weighted by molar-refractivity contribution is 5.78. The summed E-state index contributed by atoms with van der Waals surface area (Å²) >= 11 is 0. The smallest absolute Gasteiger partial charge is 0.236 e. The Balaban J connectivity index is 1.23. The molecular formula is C18H26N4O3. The molecule has 1 aromatic heterocycles. The minimum absolute atomic E-state index is 0.221. The third-order valence-electron chi connectivity index (χ3n) is 5.40. The molecule has 3 saturated heterocycles. The SMILES string of the molecule is O=C(CN1CCN(c2ccccn2)CC1)N1CCC2(CC1)OCCO2. The van der Waals surface area contributed by atoms with E-state index >= 15 is 0 Å². The Labute approximate surface area is 148 Å². The first-order valence-electron chi connectivity index (χ1n) is 9.18. The normalized spacial score (nSPS) is 24.0. The van der Waals surface area contributed by atoms with Crippen LogP contribution >= 0.6 is 0 Å². The van der Waals surface area contributed by atoms with Crippen molar-refractivity contribution in [3.63, 3.8) is 0 Å². The van der Waals surface area contributed by atoms with Crippen LogP contribution in [-0.2, 0) is 14.3 Å². The summed E-state index contributed by atoms with van der Waals surface area (Å²) in [5.41, 5.74) is 0. The van der Waals surface area contributed by atoms with Crippen molar-refractivity contribution in [1.29, 1.82) is 0 Å². The summed E-state index contributed by atoms with van der Waals surface area (Å²) < 4.78 is 11.5. The molecule has 0 N–H and O–H groups in total. The highest BCUT2D eigenvalue weighted by atomic mass is 16.7. The average Bonchev–Trinajstić information content (AvgIpc) is 3.11. The third-order valence-corrected chi connectivity index (χ3v) is 5.40. The van der Waals surface area contributed by atoms with Gasteiger partial charge in [-0.2, -0.15) is 0 Å². The van der Waals surface area contributed by atoms with Gasteiger partial charge in [0.05, 0.1) is 19.8 Å². The van der Waals surface area contributed by atoms with Crippen molar-refractivity contribution < 1.29 is 14.3 Å². The lowest BCUT2D eigenvalue weighted by Gasteiger charge is -2.39. The Bertz CT molecular complexity index is 573. The standard InChI is InChI=1S/C18H26N4O3/c23-17(22-7-4-18(5-8-22)24-13-14-25-18)15-20-9-11-21(12-10-20)16-3-1-2-6-19-16/h1-3,6H,4-5,7-15H2. The number of piperidine rings is 1. The highest BCUT2D eigenvalue weighted by Gasteiger charge is 2.40. The summed E-state index contributed by atoms with van der Waals surface area (Å²) in [5, 5.41) is 0. The fourth-order valence-corrected chi connectivity index (χ4v) is 3.85. The van der Waals surface area contributed by atoms with E-state index in [1.807, 2.05) is 29.3 Å². The molecular weight excluding hydrogens is 320 g/mol. The lowest BCUT2D eigenvalue weighted by molar-refractivity contribution is -0.187. The molecule has 1 amide bonds. The van der Waals surface area contributed by atoms with Crippen LogP contribution in [0.25, 0.3) is 0 Å². The van der Waals surface area contributed by atoms with Crippen LogP contribution in [0.2, 0.25) is 0 Å². The maximum Gasteiger partial charge on any atom is 0.236 e. The Kier molecular flexibility index (Phi) is 4.87. The molecule has 0 bridgehead atoms. The lowest BCUT2D eigenvalue weighted by Crippen LogP contribution is -2.53. The number of ether oxygens (including phenoxy) is 2. The molecule has 3 aliphatic rings. The predicted octanol–water partition coefficient (Wildman–Crippen LogP) is 0.569. The number of carbonyl (C=O) groups excluding carboxylic acids is 1. The summed E-state index contributed by atoms with van der Waals surface area (Å²) in [5.74, 6) is 0.830. The van der Waals surface area contributed by atoms with Gasteiger partial charge in [-0.3, -0.25) is 9.69 Å². The zero-order valence-corrected chi connectivity index (χ0v) is 14.6. The average molecular weight is 346 g/mol. The van der Waals surface area contributed by atoms with E-state index < -0.39 is 5.79 Å². The third kappa shape index (κ3) is 3.78. The monoisotopic (exact) mass is 346 g/mol. The number of hydrogen-bond acceptors (Lipinski definition) is 6. The second kappa shape index (κ2) is 7.27. The Morgan fingerprint density at radius 2 is 1.76 bits per heavy atom. The van der Waals surface area contributed by atoms with Crippen LogP contribution in [-0.4, -0.2) is 85.5 Å². The van der Waals surface area contributed by atoms with Crippen LogP contribution < -0.4 is 4.90 Å². The Morgan fingerprint density at radius 1 is 1.04 bits per heavy atom. The molecule has 0 atom stereocenters. The van der Waals surface area contributed by atoms with Gasteiger partial charge in [-0.25, -0.2) is 4.98 Å². The molecule has 25 heavy (non-hydrogen) atoms. The minimum Gasteiger partial charge on any atom is -0.354 e. The topological polar surface area (TPSA) is 58.1 Å². The van der Waals surface area contributed by atoms with Gasteiger partial charge in [0.1, 0.15) is 5.82 Å². The molecule has 0 aromatic carbocycles. The number of rotatable bonds is 3. The van der Waals surface area contributed by atoms with E-state index in [0.29, 0.717) is 19.8 Å². The van der Waals surface area contributed by atoms with Crippen LogP contribution in [0.3, 0.4) is 0 Å². The first-order chi connectivity index (χ1) is 12.2. The molecule has 0 aliphatic carbocycles. The number of aromatic nitrogens is 1. The molecule has 7 heteroatoms. The lowest BCUT2D eigenvalue weighted by atomic mass is 10.0. The van der Waals surface area contributed by atoms with Gasteiger partial charge in [0.2, 0.25) is 5.91 Å². The molecule has 0 saturated carbocycles. The maximum absolute atomic E-state index is 12.6. The fourth-order valence-electron chi connectivity index (χ4n) is 3.85. The van der Waals surface area contributed by atoms with E-state index in [4.69, 9.17) is 9.47 Å². The summed E-state index contributed by atoms with van der Waals surface area (Å²) in [7, 11) is 0. The number of nitrogens with zero attached hydrogens (tertiary/aromatic N) is 4. The number of pyridine rings is 1. The predicted molar refractivity (Wildman–Crippen MR) is 93.3 cm³/mol. The zero-order valence-electron chi connectivity index (χ0n) is 14.6. The molecule has 3 aliphatic heterocycles. The minimum atomic E-state index is -0.412. The largest absolute Gasteiger partial charge is 0.354 e. The zero-order chi connectivity index (χ0) is 17.1. The highest BCUT2D eigenvalue weighted by Crippen LogP contribution is 2.31. The van der Waals surface area contributed by atoms with Crippen LogP contribution in [0.4, 0.5) is 5.82 Å². The molecule has 3 fully saturated rings. The van der Waals surface area contributed by atoms with Gasteiger partial charge in [0, 0.05) is 58.3 Å². The molecule has 1 aromatic rings. The molecule has 7 nitrogen and oxygen atoms in total. The van der Waals surface area contributed by atoms with Crippen molar-refractivity contribution in [2.45, 2.75) is 18.6 Å². The van der Waals surface area contributed by atoms with Gasteiger partial charge in [0.15, 0.2) is 5.79 Å². The van der Waals surface area contributed by atoms with E-state index in [1.54, 1.807) is 0 Å². The number of likely N-dealkylation sites (tertiary alicyclic amines) is 1. The van der Waals surface area contributed by atoms with Gasteiger partial charge in [0.25, 0.3) is 0 Å². The number of anilines is 1. The molecule has 136 valence electrons. The number of amides is 1. The first kappa shape index (κ1) is 16.8. The van der Waals surface area contributed by atoms with Crippen LogP contribution in [0.5, 0.6) is 0 Å². The number of carbonyl (C=O) groups is 1. The molecule has 1 spiro atoms. The van der Waals surface area contributed by atoms with E-state index in [2.05, 4.69) is 14.8 Å². The number of piperazine rings is 1. The summed E-state index contributed by atoms with van der Waals surface area (Å²) in [6, 6.07) is 5.99. The van der Waals surface area contributed by atoms with E-state index in [1.165, 1.54) is 0 Å². The van der Waals surface area contributed by atoms with E-state index in [0.717, 1.165) is 57.9 Å². The Morgan fingerprint density at radius 3 is 2.40 bits per heavy atom. The maximum atomic E-state index is 12.6. The van der Waals surface area contributed by atoms with Crippen molar-refractivity contribution in [3.8, 4) is 0 Å². The quantitative estimate of drug-likeness (QED) is 0.798. The van der Waals surface area contributed by atoms with E-state index in [-0.39, 0.29) is 5.91 Å². The fraction of sp³-hybridized carbons (Fsp3) is 0.667. The van der Waals surface area contributed by atoms with Crippen molar-refractivity contribution in [2.24, 2.45) is 0 Å². The van der Waals surface area contributed by atoms with Gasteiger partial charge < -0.3 is 19.3 Å². The summed E-state index contributed by atoms with van der Waals surface area (Å²) in [6.07, 6.45) is 3.39. The van der Waals surface area contributed by atoms with Gasteiger partial charge >= 0.3 is 0 Å². The van der Waals surface area contributed by atoms with Gasteiger partial charge in [-0.1, -0.05) is 6.07 Å². The summed E-state index contributed by atoms with van der Waals surface area (Å²) in [4.78, 5) is 23.5. The first-order valence-corrected chi connectivity index (χ1v) is 9.18. The van der Waals surface area contributed by atoms with E-state index in [9.17, 15) is 4.79 Å². The van der Waals surface area contributed by atoms with Crippen LogP contribution in [0.1, 0.15) is 12.8 Å². The van der Waals surface area contributed by atoms with Crippen LogP contribution in [0.15, 0.2) is 24.4 Å². The molecule has 4 heterocycles. The van der Waals surface area contributed by atoms with Crippen LogP contribution in [0, 0.1) is 0 Å². The van der Waals surface area contributed by atoms with Crippen molar-refractivity contribution >= 4 is 11.7 Å². The second-order valence-electron chi connectivity index (χ2n) is 6.94. The Hall–Kier alpha value is -1.70. The van der Waals surface area contributed by atoms with Gasteiger partial charge in [-0.05, 0) is 12.1 Å². The molecule has 4 rings (SSSR count). The van der Waals surface area contributed by atoms with Crippen molar-refractivity contribution in [2.75, 3.05) is 63.9 Å². The summed E-state index contributed by atoms with van der Waals surface area (Å²) in [6.45, 7) is 6.93. The van der Waals surface area contributed by atoms with Gasteiger partial charge in [-0.15, -0.1) is 0 Å². The van der Waals surface area contributed by atoms with Crippen molar-refractivity contribution in [3.05, 3.63) is 24.4 Å². The second-order valence-corrected chi connectivity index (χ2v) is 6.94.